The first-order valence-electron chi connectivity index (χ1n) is 7.90. The van der Waals surface area contributed by atoms with E-state index in [-0.39, 0.29) is 5.91 Å². The van der Waals surface area contributed by atoms with Gasteiger partial charge in [0, 0.05) is 50.1 Å². The van der Waals surface area contributed by atoms with Crippen molar-refractivity contribution >= 4 is 23.5 Å². The van der Waals surface area contributed by atoms with Gasteiger partial charge in [0.05, 0.1) is 5.56 Å². The first-order valence-corrected chi connectivity index (χ1v) is 8.28. The van der Waals surface area contributed by atoms with Crippen molar-refractivity contribution < 1.29 is 4.79 Å². The molecule has 0 aliphatic carbocycles. The van der Waals surface area contributed by atoms with Crippen LogP contribution in [0.25, 0.3) is 0 Å². The van der Waals surface area contributed by atoms with Crippen LogP contribution >= 0.6 is 11.6 Å². The van der Waals surface area contributed by atoms with E-state index in [2.05, 4.69) is 27.2 Å². The number of amides is 1. The van der Waals surface area contributed by atoms with Gasteiger partial charge in [-0.1, -0.05) is 23.7 Å². The van der Waals surface area contributed by atoms with Gasteiger partial charge in [0.1, 0.15) is 0 Å². The van der Waals surface area contributed by atoms with E-state index in [0.29, 0.717) is 23.1 Å². The molecule has 0 bridgehead atoms. The predicted molar refractivity (Wildman–Crippen MR) is 94.2 cm³/mol. The Morgan fingerprint density at radius 1 is 1.12 bits per heavy atom. The van der Waals surface area contributed by atoms with Gasteiger partial charge in [-0.15, -0.1) is 0 Å². The van der Waals surface area contributed by atoms with Crippen LogP contribution in [0.3, 0.4) is 0 Å². The molecule has 1 fully saturated rings. The van der Waals surface area contributed by atoms with E-state index >= 15 is 0 Å². The number of anilines is 1. The summed E-state index contributed by atoms with van der Waals surface area (Å²) in [6.45, 7) is 3.88. The van der Waals surface area contributed by atoms with Crippen LogP contribution in [0.4, 0.5) is 5.95 Å². The third kappa shape index (κ3) is 4.21. The Balaban J connectivity index is 1.56. The minimum absolute atomic E-state index is 0.00708. The molecule has 0 unspecified atom stereocenters. The molecule has 0 atom stereocenters. The summed E-state index contributed by atoms with van der Waals surface area (Å²) in [6.07, 6.45) is 3.16. The Bertz CT molecular complexity index is 681. The van der Waals surface area contributed by atoms with Crippen molar-refractivity contribution in [2.45, 2.75) is 6.54 Å². The van der Waals surface area contributed by atoms with Crippen LogP contribution in [0.1, 0.15) is 15.9 Å². The van der Waals surface area contributed by atoms with Gasteiger partial charge < -0.3 is 15.1 Å². The van der Waals surface area contributed by atoms with Crippen LogP contribution in [0, 0.1) is 0 Å². The van der Waals surface area contributed by atoms with Crippen LogP contribution in [-0.2, 0) is 6.54 Å². The number of nitrogens with zero attached hydrogens (tertiary/aromatic N) is 4. The van der Waals surface area contributed by atoms with E-state index in [1.165, 1.54) is 0 Å². The van der Waals surface area contributed by atoms with Gasteiger partial charge in [0.15, 0.2) is 0 Å². The normalized spacial score (nSPS) is 15.3. The van der Waals surface area contributed by atoms with Crippen molar-refractivity contribution in [1.29, 1.82) is 0 Å². The standard InChI is InChI=1S/C17H20ClN5O/c1-22-6-8-23(9-7-22)16(24)14-11-20-17(21-12-14)19-10-13-2-4-15(18)5-3-13/h2-5,11-12H,6-10H2,1H3,(H,19,20,21). The van der Waals surface area contributed by atoms with Crippen LogP contribution < -0.4 is 5.32 Å². The number of carbonyl (C=O) groups is 1. The van der Waals surface area contributed by atoms with Crippen molar-refractivity contribution in [3.8, 4) is 0 Å². The summed E-state index contributed by atoms with van der Waals surface area (Å²) >= 11 is 5.86. The third-order valence-electron chi connectivity index (χ3n) is 4.05. The van der Waals surface area contributed by atoms with Crippen LogP contribution in [0.15, 0.2) is 36.7 Å². The summed E-state index contributed by atoms with van der Waals surface area (Å²) in [4.78, 5) is 25.0. The molecule has 2 aromatic rings. The fourth-order valence-corrected chi connectivity index (χ4v) is 2.63. The molecule has 1 aliphatic heterocycles. The van der Waals surface area contributed by atoms with E-state index in [1.54, 1.807) is 12.4 Å². The van der Waals surface area contributed by atoms with Crippen molar-refractivity contribution in [2.24, 2.45) is 0 Å². The highest BCUT2D eigenvalue weighted by Crippen LogP contribution is 2.11. The average molecular weight is 346 g/mol. The van der Waals surface area contributed by atoms with Crippen LogP contribution in [-0.4, -0.2) is 58.9 Å². The largest absolute Gasteiger partial charge is 0.350 e. The van der Waals surface area contributed by atoms with Crippen molar-refractivity contribution in [1.82, 2.24) is 19.8 Å². The van der Waals surface area contributed by atoms with Crippen molar-refractivity contribution in [3.63, 3.8) is 0 Å². The Morgan fingerprint density at radius 2 is 1.75 bits per heavy atom. The van der Waals surface area contributed by atoms with E-state index in [1.807, 2.05) is 29.2 Å². The number of hydrogen-bond acceptors (Lipinski definition) is 5. The lowest BCUT2D eigenvalue weighted by molar-refractivity contribution is 0.0663. The molecule has 0 spiro atoms. The topological polar surface area (TPSA) is 61.4 Å². The zero-order valence-corrected chi connectivity index (χ0v) is 14.3. The minimum Gasteiger partial charge on any atom is -0.350 e. The second kappa shape index (κ2) is 7.59. The Kier molecular flexibility index (Phi) is 5.27. The summed E-state index contributed by atoms with van der Waals surface area (Å²) in [5.41, 5.74) is 1.61. The minimum atomic E-state index is -0.00708. The van der Waals surface area contributed by atoms with Gasteiger partial charge in [0.2, 0.25) is 5.95 Å². The van der Waals surface area contributed by atoms with Gasteiger partial charge in [-0.3, -0.25) is 4.79 Å². The smallest absolute Gasteiger partial charge is 0.257 e. The molecule has 1 aromatic carbocycles. The highest BCUT2D eigenvalue weighted by Gasteiger charge is 2.20. The molecule has 126 valence electrons. The molecule has 1 saturated heterocycles. The zero-order valence-electron chi connectivity index (χ0n) is 13.6. The Morgan fingerprint density at radius 3 is 2.38 bits per heavy atom. The first-order chi connectivity index (χ1) is 11.6. The van der Waals surface area contributed by atoms with Crippen molar-refractivity contribution in [3.05, 3.63) is 52.8 Å². The number of aromatic nitrogens is 2. The SMILES string of the molecule is CN1CCN(C(=O)c2cnc(NCc3ccc(Cl)cc3)nc2)CC1. The summed E-state index contributed by atoms with van der Waals surface area (Å²) < 4.78 is 0. The van der Waals surface area contributed by atoms with Gasteiger partial charge in [-0.05, 0) is 24.7 Å². The Hall–Kier alpha value is -2.18. The fourth-order valence-electron chi connectivity index (χ4n) is 2.51. The molecule has 2 heterocycles. The number of carbonyl (C=O) groups excluding carboxylic acids is 1. The lowest BCUT2D eigenvalue weighted by Gasteiger charge is -2.32. The number of benzene rings is 1. The molecular formula is C17H20ClN5O. The maximum absolute atomic E-state index is 12.4. The summed E-state index contributed by atoms with van der Waals surface area (Å²) in [6, 6.07) is 7.58. The molecular weight excluding hydrogens is 326 g/mol. The number of halogens is 1. The average Bonchev–Trinajstić information content (AvgIpc) is 2.62. The highest BCUT2D eigenvalue weighted by atomic mass is 35.5. The van der Waals surface area contributed by atoms with Gasteiger partial charge in [-0.25, -0.2) is 9.97 Å². The maximum atomic E-state index is 12.4. The zero-order chi connectivity index (χ0) is 16.9. The van der Waals surface area contributed by atoms with Crippen LogP contribution in [0.5, 0.6) is 0 Å². The third-order valence-corrected chi connectivity index (χ3v) is 4.31. The van der Waals surface area contributed by atoms with E-state index in [9.17, 15) is 4.79 Å². The molecule has 1 aromatic heterocycles. The van der Waals surface area contributed by atoms with Crippen molar-refractivity contribution in [2.75, 3.05) is 38.5 Å². The summed E-state index contributed by atoms with van der Waals surface area (Å²) in [7, 11) is 2.06. The maximum Gasteiger partial charge on any atom is 0.257 e. The number of nitrogens with one attached hydrogen (secondary N) is 1. The van der Waals surface area contributed by atoms with E-state index < -0.39 is 0 Å². The van der Waals surface area contributed by atoms with E-state index in [4.69, 9.17) is 11.6 Å². The molecule has 1 amide bonds. The quantitative estimate of drug-likeness (QED) is 0.919. The monoisotopic (exact) mass is 345 g/mol. The second-order valence-electron chi connectivity index (χ2n) is 5.87. The highest BCUT2D eigenvalue weighted by molar-refractivity contribution is 6.30. The van der Waals surface area contributed by atoms with Gasteiger partial charge >= 0.3 is 0 Å². The van der Waals surface area contributed by atoms with Gasteiger partial charge in [-0.2, -0.15) is 0 Å². The van der Waals surface area contributed by atoms with E-state index in [0.717, 1.165) is 31.7 Å². The molecule has 0 radical (unpaired) electrons. The predicted octanol–water partition coefficient (Wildman–Crippen LogP) is 2.13. The molecule has 3 rings (SSSR count). The molecule has 0 saturated carbocycles. The van der Waals surface area contributed by atoms with Gasteiger partial charge in [0.25, 0.3) is 5.91 Å². The second-order valence-corrected chi connectivity index (χ2v) is 6.31. The molecule has 1 aliphatic rings. The van der Waals surface area contributed by atoms with Crippen LogP contribution in [0.2, 0.25) is 5.02 Å². The molecule has 7 heteroatoms. The lowest BCUT2D eigenvalue weighted by atomic mass is 10.2. The Labute approximate surface area is 146 Å². The molecule has 1 N–H and O–H groups in total. The summed E-state index contributed by atoms with van der Waals surface area (Å²) in [5.74, 6) is 0.493. The number of likely N-dealkylation sites (N-methyl/N-ethyl adjacent to an activating group) is 1. The number of piperazine rings is 1. The fraction of sp³-hybridized carbons (Fsp3) is 0.353. The molecule has 6 nitrogen and oxygen atoms in total. The number of hydrogen-bond donors (Lipinski definition) is 1. The first kappa shape index (κ1) is 16.7. The number of rotatable bonds is 4. The lowest BCUT2D eigenvalue weighted by Crippen LogP contribution is -2.47. The summed E-state index contributed by atoms with van der Waals surface area (Å²) in [5, 5.41) is 3.84. The molecule has 24 heavy (non-hydrogen) atoms.